The van der Waals surface area contributed by atoms with Gasteiger partial charge in [0.1, 0.15) is 5.69 Å². The number of H-pyrrole nitrogens is 1. The lowest BCUT2D eigenvalue weighted by molar-refractivity contribution is 0.311. The predicted octanol–water partition coefficient (Wildman–Crippen LogP) is 1.63. The second-order valence-electron chi connectivity index (χ2n) is 4.40. The fraction of sp³-hybridized carbons (Fsp3) is 0.417. The van der Waals surface area contributed by atoms with E-state index in [4.69, 9.17) is 0 Å². The first-order valence-corrected chi connectivity index (χ1v) is 5.86. The molecule has 2 aromatic heterocycles. The Morgan fingerprint density at radius 2 is 2.24 bits per heavy atom. The molecule has 0 aliphatic carbocycles. The van der Waals surface area contributed by atoms with Crippen LogP contribution in [0.4, 0.5) is 0 Å². The molecule has 88 valence electrons. The van der Waals surface area contributed by atoms with Crippen molar-refractivity contribution < 1.29 is 0 Å². The van der Waals surface area contributed by atoms with E-state index in [1.807, 2.05) is 6.20 Å². The molecule has 1 aliphatic rings. The molecule has 2 aromatic rings. The van der Waals surface area contributed by atoms with Crippen molar-refractivity contribution in [2.24, 2.45) is 0 Å². The molecule has 1 N–H and O–H groups in total. The lowest BCUT2D eigenvalue weighted by Crippen LogP contribution is -2.18. The third kappa shape index (κ3) is 1.93. The summed E-state index contributed by atoms with van der Waals surface area (Å²) >= 11 is 0. The zero-order chi connectivity index (χ0) is 11.7. The number of imidazole rings is 1. The van der Waals surface area contributed by atoms with E-state index in [1.165, 1.54) is 12.8 Å². The predicted molar refractivity (Wildman–Crippen MR) is 64.2 cm³/mol. The zero-order valence-corrected chi connectivity index (χ0v) is 9.80. The molecule has 1 saturated heterocycles. The molecule has 0 unspecified atom stereocenters. The topological polar surface area (TPSA) is 57.7 Å². The van der Waals surface area contributed by atoms with E-state index in [0.717, 1.165) is 23.8 Å². The van der Waals surface area contributed by atoms with Gasteiger partial charge in [-0.05, 0) is 26.4 Å². The zero-order valence-electron chi connectivity index (χ0n) is 9.80. The van der Waals surface area contributed by atoms with Crippen molar-refractivity contribution >= 4 is 0 Å². The van der Waals surface area contributed by atoms with Crippen molar-refractivity contribution in [2.45, 2.75) is 18.9 Å². The number of aromatic amines is 1. The molecule has 1 atom stereocenters. The molecular weight excluding hydrogens is 214 g/mol. The minimum absolute atomic E-state index is 0.424. The number of nitrogens with one attached hydrogen (secondary N) is 1. The smallest absolute Gasteiger partial charge is 0.157 e. The Labute approximate surface area is 99.9 Å². The quantitative estimate of drug-likeness (QED) is 0.850. The molecule has 5 heteroatoms. The van der Waals surface area contributed by atoms with Crippen LogP contribution in [-0.2, 0) is 0 Å². The van der Waals surface area contributed by atoms with Gasteiger partial charge < -0.3 is 4.98 Å². The van der Waals surface area contributed by atoms with Gasteiger partial charge in [-0.1, -0.05) is 0 Å². The Balaban J connectivity index is 1.85. The summed E-state index contributed by atoms with van der Waals surface area (Å²) in [6.45, 7) is 1.15. The summed E-state index contributed by atoms with van der Waals surface area (Å²) in [4.78, 5) is 18.4. The number of hydrogen-bond donors (Lipinski definition) is 1. The van der Waals surface area contributed by atoms with Gasteiger partial charge in [0.05, 0.1) is 24.1 Å². The van der Waals surface area contributed by atoms with Crippen molar-refractivity contribution in [3.8, 4) is 11.5 Å². The molecule has 17 heavy (non-hydrogen) atoms. The van der Waals surface area contributed by atoms with Gasteiger partial charge in [0.2, 0.25) is 0 Å². The summed E-state index contributed by atoms with van der Waals surface area (Å²) in [6, 6.07) is 0.424. The summed E-state index contributed by atoms with van der Waals surface area (Å²) in [5, 5.41) is 0. The highest BCUT2D eigenvalue weighted by molar-refractivity contribution is 5.46. The van der Waals surface area contributed by atoms with Gasteiger partial charge in [0, 0.05) is 12.4 Å². The SMILES string of the molecule is CN1CCC[C@@H]1c1cnc(-c2ncc[nH]2)cn1. The number of hydrogen-bond acceptors (Lipinski definition) is 4. The molecule has 0 saturated carbocycles. The number of likely N-dealkylation sites (tertiary alicyclic amines) is 1. The highest BCUT2D eigenvalue weighted by Gasteiger charge is 2.23. The summed E-state index contributed by atoms with van der Waals surface area (Å²) < 4.78 is 0. The van der Waals surface area contributed by atoms with Crippen molar-refractivity contribution in [1.29, 1.82) is 0 Å². The fourth-order valence-corrected chi connectivity index (χ4v) is 2.32. The Hall–Kier alpha value is -1.75. The summed E-state index contributed by atoms with van der Waals surface area (Å²) in [7, 11) is 2.14. The molecule has 0 aromatic carbocycles. The highest BCUT2D eigenvalue weighted by Crippen LogP contribution is 2.28. The second kappa shape index (κ2) is 4.25. The van der Waals surface area contributed by atoms with Gasteiger partial charge in [-0.25, -0.2) is 9.97 Å². The van der Waals surface area contributed by atoms with Gasteiger partial charge in [0.25, 0.3) is 0 Å². The third-order valence-electron chi connectivity index (χ3n) is 3.27. The first kappa shape index (κ1) is 10.4. The maximum atomic E-state index is 4.50. The number of rotatable bonds is 2. The van der Waals surface area contributed by atoms with Crippen molar-refractivity contribution in [2.75, 3.05) is 13.6 Å². The van der Waals surface area contributed by atoms with E-state index in [2.05, 4.69) is 31.9 Å². The van der Waals surface area contributed by atoms with Gasteiger partial charge in [-0.15, -0.1) is 0 Å². The lowest BCUT2D eigenvalue weighted by atomic mass is 10.1. The highest BCUT2D eigenvalue weighted by atomic mass is 15.2. The maximum absolute atomic E-state index is 4.50. The van der Waals surface area contributed by atoms with E-state index >= 15 is 0 Å². The Morgan fingerprint density at radius 1 is 1.29 bits per heavy atom. The number of nitrogens with zero attached hydrogens (tertiary/aromatic N) is 4. The van der Waals surface area contributed by atoms with Crippen LogP contribution in [0.15, 0.2) is 24.8 Å². The Morgan fingerprint density at radius 3 is 2.82 bits per heavy atom. The standard InChI is InChI=1S/C12H15N5/c1-17-6-2-3-11(17)9-7-16-10(8-15-9)12-13-4-5-14-12/h4-5,7-8,11H,2-3,6H2,1H3,(H,13,14)/t11-/m1/s1. The van der Waals surface area contributed by atoms with E-state index in [-0.39, 0.29) is 0 Å². The first-order chi connectivity index (χ1) is 8.34. The van der Waals surface area contributed by atoms with Crippen LogP contribution in [0.2, 0.25) is 0 Å². The largest absolute Gasteiger partial charge is 0.343 e. The molecule has 5 nitrogen and oxygen atoms in total. The van der Waals surface area contributed by atoms with E-state index in [1.54, 1.807) is 18.6 Å². The molecule has 0 spiro atoms. The summed E-state index contributed by atoms with van der Waals surface area (Å²) in [6.07, 6.45) is 9.57. The molecule has 3 rings (SSSR count). The molecule has 1 fully saturated rings. The second-order valence-corrected chi connectivity index (χ2v) is 4.40. The molecule has 1 aliphatic heterocycles. The minimum Gasteiger partial charge on any atom is -0.343 e. The van der Waals surface area contributed by atoms with Crippen LogP contribution >= 0.6 is 0 Å². The van der Waals surface area contributed by atoms with Gasteiger partial charge in [-0.3, -0.25) is 9.88 Å². The minimum atomic E-state index is 0.424. The van der Waals surface area contributed by atoms with Gasteiger partial charge in [0.15, 0.2) is 5.82 Å². The number of aromatic nitrogens is 4. The van der Waals surface area contributed by atoms with E-state index in [9.17, 15) is 0 Å². The first-order valence-electron chi connectivity index (χ1n) is 5.86. The van der Waals surface area contributed by atoms with Crippen LogP contribution in [0.25, 0.3) is 11.5 Å². The Kier molecular flexibility index (Phi) is 2.60. The van der Waals surface area contributed by atoms with Crippen LogP contribution in [-0.4, -0.2) is 38.4 Å². The van der Waals surface area contributed by atoms with Crippen molar-refractivity contribution in [3.63, 3.8) is 0 Å². The van der Waals surface area contributed by atoms with Crippen LogP contribution in [0.1, 0.15) is 24.6 Å². The van der Waals surface area contributed by atoms with Gasteiger partial charge >= 0.3 is 0 Å². The third-order valence-corrected chi connectivity index (χ3v) is 3.27. The average Bonchev–Trinajstić information content (AvgIpc) is 3.00. The van der Waals surface area contributed by atoms with Crippen LogP contribution < -0.4 is 0 Å². The average molecular weight is 229 g/mol. The molecule has 0 radical (unpaired) electrons. The summed E-state index contributed by atoms with van der Waals surface area (Å²) in [5.74, 6) is 0.767. The van der Waals surface area contributed by atoms with Crippen molar-refractivity contribution in [3.05, 3.63) is 30.5 Å². The van der Waals surface area contributed by atoms with Crippen molar-refractivity contribution in [1.82, 2.24) is 24.8 Å². The maximum Gasteiger partial charge on any atom is 0.157 e. The van der Waals surface area contributed by atoms with E-state index in [0.29, 0.717) is 6.04 Å². The van der Waals surface area contributed by atoms with Crippen LogP contribution in [0.5, 0.6) is 0 Å². The fourth-order valence-electron chi connectivity index (χ4n) is 2.32. The van der Waals surface area contributed by atoms with Crippen LogP contribution in [0, 0.1) is 0 Å². The molecule has 0 bridgehead atoms. The van der Waals surface area contributed by atoms with Gasteiger partial charge in [-0.2, -0.15) is 0 Å². The lowest BCUT2D eigenvalue weighted by Gasteiger charge is -2.18. The van der Waals surface area contributed by atoms with Crippen LogP contribution in [0.3, 0.4) is 0 Å². The molecule has 3 heterocycles. The summed E-state index contributed by atoms with van der Waals surface area (Å²) in [5.41, 5.74) is 1.85. The Bertz CT molecular complexity index is 476. The molecular formula is C12H15N5. The normalized spacial score (nSPS) is 20.9. The molecule has 0 amide bonds. The van der Waals surface area contributed by atoms with E-state index < -0.39 is 0 Å². The monoisotopic (exact) mass is 229 g/mol.